The van der Waals surface area contributed by atoms with Crippen molar-refractivity contribution in [2.45, 2.75) is 31.7 Å². The molecule has 0 saturated heterocycles. The van der Waals surface area contributed by atoms with E-state index in [-0.39, 0.29) is 0 Å². The van der Waals surface area contributed by atoms with Crippen molar-refractivity contribution in [1.29, 1.82) is 0 Å². The maximum atomic E-state index is 5.88. The maximum Gasteiger partial charge on any atom is 0.230 e. The third-order valence-corrected chi connectivity index (χ3v) is 4.24. The molecule has 0 atom stereocenters. The van der Waals surface area contributed by atoms with Crippen LogP contribution in [0.1, 0.15) is 25.7 Å². The van der Waals surface area contributed by atoms with Crippen molar-refractivity contribution in [3.63, 3.8) is 0 Å². The summed E-state index contributed by atoms with van der Waals surface area (Å²) in [5, 5.41) is 12.1. The molecule has 1 heterocycles. The SMILES string of the molecule is Clc1ccc(-c2csc(N=NC3CCCC3)n2)cc1. The molecule has 3 rings (SSSR count). The van der Waals surface area contributed by atoms with Gasteiger partial charge in [-0.05, 0) is 25.0 Å². The van der Waals surface area contributed by atoms with E-state index in [1.165, 1.54) is 37.0 Å². The van der Waals surface area contributed by atoms with Gasteiger partial charge < -0.3 is 0 Å². The minimum atomic E-state index is 0.405. The van der Waals surface area contributed by atoms with E-state index in [4.69, 9.17) is 11.6 Å². The highest BCUT2D eigenvalue weighted by Gasteiger charge is 2.13. The molecule has 0 unspecified atom stereocenters. The Morgan fingerprint density at radius 3 is 2.63 bits per heavy atom. The van der Waals surface area contributed by atoms with Crippen molar-refractivity contribution < 1.29 is 0 Å². The first-order valence-corrected chi connectivity index (χ1v) is 7.69. The molecule has 0 N–H and O–H groups in total. The van der Waals surface area contributed by atoms with E-state index in [0.717, 1.165) is 21.4 Å². The number of hydrogen-bond acceptors (Lipinski definition) is 4. The van der Waals surface area contributed by atoms with E-state index in [9.17, 15) is 0 Å². The van der Waals surface area contributed by atoms with Gasteiger partial charge in [0, 0.05) is 16.0 Å². The summed E-state index contributed by atoms with van der Waals surface area (Å²) in [5.41, 5.74) is 1.99. The summed E-state index contributed by atoms with van der Waals surface area (Å²) in [6.07, 6.45) is 4.88. The van der Waals surface area contributed by atoms with E-state index >= 15 is 0 Å². The number of benzene rings is 1. The molecule has 1 aromatic heterocycles. The first-order valence-electron chi connectivity index (χ1n) is 6.43. The highest BCUT2D eigenvalue weighted by molar-refractivity contribution is 7.13. The van der Waals surface area contributed by atoms with Crippen molar-refractivity contribution in [3.8, 4) is 11.3 Å². The summed E-state index contributed by atoms with van der Waals surface area (Å²) in [4.78, 5) is 4.49. The van der Waals surface area contributed by atoms with Gasteiger partial charge in [-0.1, -0.05) is 36.6 Å². The van der Waals surface area contributed by atoms with Gasteiger partial charge >= 0.3 is 0 Å². The van der Waals surface area contributed by atoms with E-state index in [0.29, 0.717) is 6.04 Å². The number of thiazole rings is 1. The fourth-order valence-corrected chi connectivity index (χ4v) is 2.99. The molecule has 1 aromatic carbocycles. The highest BCUT2D eigenvalue weighted by atomic mass is 35.5. The summed E-state index contributed by atoms with van der Waals surface area (Å²) in [7, 11) is 0. The predicted octanol–water partition coefficient (Wildman–Crippen LogP) is 5.49. The number of nitrogens with zero attached hydrogens (tertiary/aromatic N) is 3. The molecule has 98 valence electrons. The van der Waals surface area contributed by atoms with Crippen LogP contribution in [-0.4, -0.2) is 11.0 Å². The van der Waals surface area contributed by atoms with Crippen LogP contribution in [0.2, 0.25) is 5.02 Å². The lowest BCUT2D eigenvalue weighted by molar-refractivity contribution is 0.669. The summed E-state index contributed by atoms with van der Waals surface area (Å²) in [5.74, 6) is 0. The Labute approximate surface area is 121 Å². The number of hydrogen-bond donors (Lipinski definition) is 0. The van der Waals surface area contributed by atoms with Crippen LogP contribution in [0, 0.1) is 0 Å². The molecule has 1 saturated carbocycles. The fourth-order valence-electron chi connectivity index (χ4n) is 2.21. The van der Waals surface area contributed by atoms with Crippen molar-refractivity contribution in [2.75, 3.05) is 0 Å². The minimum Gasteiger partial charge on any atom is -0.217 e. The lowest BCUT2D eigenvalue weighted by atomic mass is 10.2. The molecular formula is C14H14ClN3S. The van der Waals surface area contributed by atoms with Crippen LogP contribution < -0.4 is 0 Å². The zero-order valence-electron chi connectivity index (χ0n) is 10.4. The second-order valence-electron chi connectivity index (χ2n) is 4.68. The van der Waals surface area contributed by atoms with E-state index < -0.39 is 0 Å². The number of halogens is 1. The fraction of sp³-hybridized carbons (Fsp3) is 0.357. The largest absolute Gasteiger partial charge is 0.230 e. The Balaban J connectivity index is 1.73. The molecule has 1 aliphatic rings. The molecule has 0 bridgehead atoms. The number of aromatic nitrogens is 1. The van der Waals surface area contributed by atoms with Gasteiger partial charge in [0.1, 0.15) is 0 Å². The molecule has 2 aromatic rings. The van der Waals surface area contributed by atoms with Crippen molar-refractivity contribution in [3.05, 3.63) is 34.7 Å². The van der Waals surface area contributed by atoms with Crippen LogP contribution in [0.15, 0.2) is 39.9 Å². The van der Waals surface area contributed by atoms with Gasteiger partial charge in [0.05, 0.1) is 11.7 Å². The quantitative estimate of drug-likeness (QED) is 0.689. The molecule has 0 radical (unpaired) electrons. The standard InChI is InChI=1S/C14H14ClN3S/c15-11-7-5-10(6-8-11)13-9-19-14(16-13)18-17-12-3-1-2-4-12/h5-9,12H,1-4H2. The second kappa shape index (κ2) is 5.80. The smallest absolute Gasteiger partial charge is 0.217 e. The normalized spacial score (nSPS) is 16.5. The predicted molar refractivity (Wildman–Crippen MR) is 79.3 cm³/mol. The maximum absolute atomic E-state index is 5.88. The first-order chi connectivity index (χ1) is 9.31. The van der Waals surface area contributed by atoms with Gasteiger partial charge in [-0.2, -0.15) is 5.11 Å². The van der Waals surface area contributed by atoms with Crippen LogP contribution in [0.25, 0.3) is 11.3 Å². The molecule has 1 fully saturated rings. The molecule has 1 aliphatic carbocycles. The minimum absolute atomic E-state index is 0.405. The Bertz CT molecular complexity index is 571. The van der Waals surface area contributed by atoms with Crippen LogP contribution in [0.4, 0.5) is 5.13 Å². The number of azo groups is 1. The molecule has 3 nitrogen and oxygen atoms in total. The van der Waals surface area contributed by atoms with Crippen LogP contribution in [0.3, 0.4) is 0 Å². The van der Waals surface area contributed by atoms with Gasteiger partial charge in [0.25, 0.3) is 0 Å². The van der Waals surface area contributed by atoms with E-state index in [2.05, 4.69) is 15.2 Å². The highest BCUT2D eigenvalue weighted by Crippen LogP contribution is 2.29. The Morgan fingerprint density at radius 2 is 1.89 bits per heavy atom. The summed E-state index contributed by atoms with van der Waals surface area (Å²) in [6, 6.07) is 8.08. The molecular weight excluding hydrogens is 278 g/mol. The first kappa shape index (κ1) is 12.8. The molecule has 0 amide bonds. The van der Waals surface area contributed by atoms with Crippen LogP contribution in [0.5, 0.6) is 0 Å². The zero-order valence-corrected chi connectivity index (χ0v) is 12.0. The van der Waals surface area contributed by atoms with Gasteiger partial charge in [0.15, 0.2) is 0 Å². The van der Waals surface area contributed by atoms with Gasteiger partial charge in [-0.25, -0.2) is 4.98 Å². The van der Waals surface area contributed by atoms with Crippen molar-refractivity contribution in [2.24, 2.45) is 10.2 Å². The van der Waals surface area contributed by atoms with E-state index in [1.807, 2.05) is 29.6 Å². The van der Waals surface area contributed by atoms with Crippen LogP contribution >= 0.6 is 22.9 Å². The summed E-state index contributed by atoms with van der Waals surface area (Å²) >= 11 is 7.40. The third-order valence-electron chi connectivity index (χ3n) is 3.26. The van der Waals surface area contributed by atoms with E-state index in [1.54, 1.807) is 0 Å². The van der Waals surface area contributed by atoms with Gasteiger partial charge in [0.2, 0.25) is 5.13 Å². The third kappa shape index (κ3) is 3.19. The molecule has 19 heavy (non-hydrogen) atoms. The van der Waals surface area contributed by atoms with Gasteiger partial charge in [-0.3, -0.25) is 0 Å². The zero-order chi connectivity index (χ0) is 13.1. The Morgan fingerprint density at radius 1 is 1.16 bits per heavy atom. The Kier molecular flexibility index (Phi) is 3.89. The summed E-state index contributed by atoms with van der Waals surface area (Å²) < 4.78 is 0. The average Bonchev–Trinajstić information content (AvgIpc) is 3.09. The molecule has 0 aliphatic heterocycles. The molecule has 5 heteroatoms. The van der Waals surface area contributed by atoms with Crippen LogP contribution in [-0.2, 0) is 0 Å². The monoisotopic (exact) mass is 291 g/mol. The Hall–Kier alpha value is -1.26. The van der Waals surface area contributed by atoms with Gasteiger partial charge in [-0.15, -0.1) is 16.5 Å². The second-order valence-corrected chi connectivity index (χ2v) is 5.95. The topological polar surface area (TPSA) is 37.6 Å². The van der Waals surface area contributed by atoms with Crippen molar-refractivity contribution >= 4 is 28.1 Å². The number of rotatable bonds is 3. The lowest BCUT2D eigenvalue weighted by Gasteiger charge is -1.97. The lowest BCUT2D eigenvalue weighted by Crippen LogP contribution is -1.92. The average molecular weight is 292 g/mol. The summed E-state index contributed by atoms with van der Waals surface area (Å²) in [6.45, 7) is 0. The molecule has 0 spiro atoms. The van der Waals surface area contributed by atoms with Crippen molar-refractivity contribution in [1.82, 2.24) is 4.98 Å².